The molecule has 1 saturated carbocycles. The third-order valence-corrected chi connectivity index (χ3v) is 8.72. The lowest BCUT2D eigenvalue weighted by molar-refractivity contribution is 0.0333. The minimum atomic E-state index is -0.860. The zero-order chi connectivity index (χ0) is 24.5. The molecular formula is C31H38N2O3. The van der Waals surface area contributed by atoms with Gasteiger partial charge >= 0.3 is 5.97 Å². The van der Waals surface area contributed by atoms with Crippen LogP contribution in [0.5, 0.6) is 0 Å². The number of carboxylic acid groups (broad SMARTS) is 1. The van der Waals surface area contributed by atoms with Crippen LogP contribution >= 0.6 is 0 Å². The van der Waals surface area contributed by atoms with Crippen molar-refractivity contribution in [3.63, 3.8) is 0 Å². The second-order valence-corrected chi connectivity index (χ2v) is 11.0. The Morgan fingerprint density at radius 1 is 0.944 bits per heavy atom. The summed E-state index contributed by atoms with van der Waals surface area (Å²) in [4.78, 5) is 14.4. The number of rotatable bonds is 6. The Balaban J connectivity index is 1.41. The molecule has 0 amide bonds. The summed E-state index contributed by atoms with van der Waals surface area (Å²) in [6.45, 7) is 5.05. The maximum atomic E-state index is 11.9. The van der Waals surface area contributed by atoms with Gasteiger partial charge in [-0.25, -0.2) is 4.79 Å². The van der Waals surface area contributed by atoms with Crippen LogP contribution in [0.3, 0.4) is 0 Å². The Kier molecular flexibility index (Phi) is 6.85. The standard InChI is InChI=1S/C31H38N2O3/c34-31(35)24-12-13-27-28(21-24)33-17-14-25(36-19-18-32-15-6-7-16-32)20-23-10-4-5-11-26(23)30(33)29(27)22-8-2-1-3-9-22/h4-5,10-13,21-22,25H,1-3,6-9,14-20H2,(H,34,35). The van der Waals surface area contributed by atoms with Gasteiger partial charge in [0.1, 0.15) is 0 Å². The number of aryl methyl sites for hydroxylation is 1. The second-order valence-electron chi connectivity index (χ2n) is 11.0. The van der Waals surface area contributed by atoms with Crippen molar-refractivity contribution in [2.75, 3.05) is 26.2 Å². The van der Waals surface area contributed by atoms with Gasteiger partial charge in [-0.1, -0.05) is 49.6 Å². The van der Waals surface area contributed by atoms with Crippen molar-refractivity contribution in [2.24, 2.45) is 0 Å². The van der Waals surface area contributed by atoms with Crippen LogP contribution in [0.15, 0.2) is 42.5 Å². The van der Waals surface area contributed by atoms with E-state index in [9.17, 15) is 9.90 Å². The van der Waals surface area contributed by atoms with Gasteiger partial charge in [0.15, 0.2) is 0 Å². The second kappa shape index (κ2) is 10.4. The lowest BCUT2D eigenvalue weighted by Crippen LogP contribution is -2.28. The number of aromatic nitrogens is 1. The van der Waals surface area contributed by atoms with Crippen molar-refractivity contribution >= 4 is 16.9 Å². The molecule has 6 rings (SSSR count). The van der Waals surface area contributed by atoms with Crippen LogP contribution in [0, 0.1) is 0 Å². The Labute approximate surface area is 214 Å². The Hall–Kier alpha value is -2.63. The average molecular weight is 487 g/mol. The van der Waals surface area contributed by atoms with Crippen LogP contribution in [0.2, 0.25) is 0 Å². The van der Waals surface area contributed by atoms with E-state index in [1.807, 2.05) is 6.07 Å². The molecule has 2 aromatic carbocycles. The van der Waals surface area contributed by atoms with Crippen molar-refractivity contribution in [3.05, 3.63) is 59.2 Å². The molecule has 3 heterocycles. The van der Waals surface area contributed by atoms with E-state index in [1.54, 1.807) is 6.07 Å². The minimum absolute atomic E-state index is 0.167. The molecule has 1 N–H and O–H groups in total. The normalized spacial score (nSPS) is 21.2. The van der Waals surface area contributed by atoms with E-state index >= 15 is 0 Å². The topological polar surface area (TPSA) is 54.7 Å². The number of benzene rings is 2. The molecule has 36 heavy (non-hydrogen) atoms. The third-order valence-electron chi connectivity index (χ3n) is 8.72. The van der Waals surface area contributed by atoms with Gasteiger partial charge in [0.25, 0.3) is 0 Å². The molecule has 190 valence electrons. The van der Waals surface area contributed by atoms with Gasteiger partial charge in [-0.15, -0.1) is 0 Å². The first-order chi connectivity index (χ1) is 17.7. The lowest BCUT2D eigenvalue weighted by atomic mass is 9.81. The molecule has 1 saturated heterocycles. The Morgan fingerprint density at radius 2 is 1.75 bits per heavy atom. The molecule has 2 fully saturated rings. The van der Waals surface area contributed by atoms with Gasteiger partial charge in [0, 0.05) is 29.6 Å². The molecular weight excluding hydrogens is 448 g/mol. The van der Waals surface area contributed by atoms with E-state index in [0.29, 0.717) is 11.5 Å². The highest BCUT2D eigenvalue weighted by Gasteiger charge is 2.30. The van der Waals surface area contributed by atoms with E-state index in [4.69, 9.17) is 4.74 Å². The molecule has 1 atom stereocenters. The summed E-state index contributed by atoms with van der Waals surface area (Å²) in [5.74, 6) is -0.325. The number of carboxylic acids is 1. The van der Waals surface area contributed by atoms with Crippen LogP contribution in [0.4, 0.5) is 0 Å². The maximum Gasteiger partial charge on any atom is 0.335 e. The maximum absolute atomic E-state index is 11.9. The van der Waals surface area contributed by atoms with Crippen LogP contribution in [-0.4, -0.2) is 52.9 Å². The van der Waals surface area contributed by atoms with E-state index < -0.39 is 5.97 Å². The zero-order valence-electron chi connectivity index (χ0n) is 21.3. The third kappa shape index (κ3) is 4.59. The van der Waals surface area contributed by atoms with Gasteiger partial charge in [0.2, 0.25) is 0 Å². The van der Waals surface area contributed by atoms with Gasteiger partial charge in [-0.2, -0.15) is 0 Å². The summed E-state index contributed by atoms with van der Waals surface area (Å²) < 4.78 is 8.93. The number of ether oxygens (including phenoxy) is 1. The fraction of sp³-hybridized carbons (Fsp3) is 0.516. The minimum Gasteiger partial charge on any atom is -0.478 e. The van der Waals surface area contributed by atoms with Crippen molar-refractivity contribution in [3.8, 4) is 11.3 Å². The van der Waals surface area contributed by atoms with Crippen LogP contribution in [0.25, 0.3) is 22.2 Å². The highest BCUT2D eigenvalue weighted by molar-refractivity contribution is 5.98. The van der Waals surface area contributed by atoms with Gasteiger partial charge in [-0.05, 0) is 80.8 Å². The Bertz CT molecular complexity index is 1230. The molecule has 1 unspecified atom stereocenters. The fourth-order valence-corrected chi connectivity index (χ4v) is 6.88. The highest BCUT2D eigenvalue weighted by atomic mass is 16.5. The SMILES string of the molecule is O=C(O)c1ccc2c(C3CCCCC3)c3n(c2c1)CCC(OCCN1CCCC1)Cc1ccccc1-3. The van der Waals surface area contributed by atoms with Gasteiger partial charge < -0.3 is 19.3 Å². The van der Waals surface area contributed by atoms with Crippen LogP contribution < -0.4 is 0 Å². The highest BCUT2D eigenvalue weighted by Crippen LogP contribution is 2.46. The summed E-state index contributed by atoms with van der Waals surface area (Å²) in [6, 6.07) is 14.6. The summed E-state index contributed by atoms with van der Waals surface area (Å²) in [6.07, 6.45) is 11.0. The number of likely N-dealkylation sites (tertiary alicyclic amines) is 1. The largest absolute Gasteiger partial charge is 0.478 e. The summed E-state index contributed by atoms with van der Waals surface area (Å²) >= 11 is 0. The van der Waals surface area contributed by atoms with Crippen LogP contribution in [0.1, 0.15) is 78.8 Å². The lowest BCUT2D eigenvalue weighted by Gasteiger charge is -2.28. The molecule has 3 aromatic rings. The Morgan fingerprint density at radius 3 is 2.56 bits per heavy atom. The molecule has 0 bridgehead atoms. The van der Waals surface area contributed by atoms with Crippen LogP contribution in [-0.2, 0) is 17.7 Å². The monoisotopic (exact) mass is 486 g/mol. The van der Waals surface area contributed by atoms with Gasteiger partial charge in [0.05, 0.1) is 24.0 Å². The van der Waals surface area contributed by atoms with Crippen molar-refractivity contribution in [1.82, 2.24) is 9.47 Å². The van der Waals surface area contributed by atoms with Crippen molar-refractivity contribution in [2.45, 2.75) is 76.4 Å². The molecule has 5 nitrogen and oxygen atoms in total. The van der Waals surface area contributed by atoms with E-state index in [2.05, 4.69) is 39.8 Å². The molecule has 1 aliphatic carbocycles. The first-order valence-corrected chi connectivity index (χ1v) is 14.0. The first-order valence-electron chi connectivity index (χ1n) is 14.0. The zero-order valence-corrected chi connectivity index (χ0v) is 21.3. The predicted molar refractivity (Wildman–Crippen MR) is 144 cm³/mol. The van der Waals surface area contributed by atoms with Gasteiger partial charge in [-0.3, -0.25) is 0 Å². The number of aromatic carboxylic acids is 1. The number of nitrogens with zero attached hydrogens (tertiary/aromatic N) is 2. The molecule has 3 aliphatic rings. The molecule has 1 aromatic heterocycles. The summed E-state index contributed by atoms with van der Waals surface area (Å²) in [5, 5.41) is 11.0. The molecule has 5 heteroatoms. The number of hydrogen-bond donors (Lipinski definition) is 1. The molecule has 0 radical (unpaired) electrons. The molecule has 0 spiro atoms. The van der Waals surface area contributed by atoms with E-state index in [0.717, 1.165) is 38.1 Å². The number of carbonyl (C=O) groups is 1. The first kappa shape index (κ1) is 23.7. The number of hydrogen-bond acceptors (Lipinski definition) is 3. The average Bonchev–Trinajstić information content (AvgIpc) is 3.52. The predicted octanol–water partition coefficient (Wildman–Crippen LogP) is 6.48. The van der Waals surface area contributed by atoms with Crippen molar-refractivity contribution < 1.29 is 14.6 Å². The summed E-state index contributed by atoms with van der Waals surface area (Å²) in [5.41, 5.74) is 6.86. The fourth-order valence-electron chi connectivity index (χ4n) is 6.88. The number of fused-ring (bicyclic) bond motifs is 5. The molecule has 2 aliphatic heterocycles. The summed E-state index contributed by atoms with van der Waals surface area (Å²) in [7, 11) is 0. The smallest absolute Gasteiger partial charge is 0.335 e. The quantitative estimate of drug-likeness (QED) is 0.433. The van der Waals surface area contributed by atoms with Crippen molar-refractivity contribution in [1.29, 1.82) is 0 Å². The van der Waals surface area contributed by atoms with E-state index in [1.165, 1.54) is 85.8 Å². The van der Waals surface area contributed by atoms with E-state index in [-0.39, 0.29) is 6.10 Å².